The van der Waals surface area contributed by atoms with Crippen molar-refractivity contribution in [2.75, 3.05) is 14.2 Å². The van der Waals surface area contributed by atoms with E-state index in [-0.39, 0.29) is 22.8 Å². The van der Waals surface area contributed by atoms with Crippen LogP contribution in [0.1, 0.15) is 63.2 Å². The molecule has 0 radical (unpaired) electrons. The van der Waals surface area contributed by atoms with Crippen molar-refractivity contribution < 1.29 is 23.9 Å². The Bertz CT molecular complexity index is 1370. The van der Waals surface area contributed by atoms with Gasteiger partial charge in [-0.3, -0.25) is 14.2 Å². The molecule has 0 fully saturated rings. The van der Waals surface area contributed by atoms with Gasteiger partial charge in [0, 0.05) is 12.2 Å². The highest BCUT2D eigenvalue weighted by Gasteiger charge is 2.27. The summed E-state index contributed by atoms with van der Waals surface area (Å²) in [5, 5.41) is 0.122. The standard InChI is InChI=1S/C25H29N3O6S/c1-12(2)11-28-22(30)17-9-8-16(23(31)33-6)10-18(17)27-25(28)35-15(5)21(29)20-13(3)19(14(4)26-20)24(32)34-7/h8-10,12,15,26H,11H2,1-7H3. The number of nitrogens with one attached hydrogen (secondary N) is 1. The molecule has 2 heterocycles. The van der Waals surface area contributed by atoms with E-state index in [9.17, 15) is 19.2 Å². The third kappa shape index (κ3) is 5.17. The lowest BCUT2D eigenvalue weighted by Crippen LogP contribution is -2.27. The third-order valence-corrected chi connectivity index (χ3v) is 6.70. The van der Waals surface area contributed by atoms with Gasteiger partial charge < -0.3 is 14.5 Å². The number of benzene rings is 1. The van der Waals surface area contributed by atoms with Gasteiger partial charge in [0.2, 0.25) is 0 Å². The van der Waals surface area contributed by atoms with Crippen LogP contribution in [0.15, 0.2) is 28.2 Å². The molecule has 0 amide bonds. The molecule has 0 aliphatic rings. The number of aromatic nitrogens is 3. The van der Waals surface area contributed by atoms with E-state index in [4.69, 9.17) is 9.47 Å². The first kappa shape index (κ1) is 26.2. The molecule has 0 saturated heterocycles. The number of fused-ring (bicyclic) bond motifs is 1. The number of aromatic amines is 1. The number of H-pyrrole nitrogens is 1. The van der Waals surface area contributed by atoms with Crippen LogP contribution >= 0.6 is 11.8 Å². The summed E-state index contributed by atoms with van der Waals surface area (Å²) >= 11 is 1.15. The molecule has 3 rings (SSSR count). The Morgan fingerprint density at radius 1 is 1.09 bits per heavy atom. The molecule has 0 saturated carbocycles. The Kier molecular flexibility index (Phi) is 7.84. The summed E-state index contributed by atoms with van der Waals surface area (Å²) in [5.41, 5.74) is 2.09. The smallest absolute Gasteiger partial charge is 0.339 e. The molecule has 0 aliphatic carbocycles. The van der Waals surface area contributed by atoms with E-state index in [0.29, 0.717) is 45.1 Å². The Balaban J connectivity index is 2.06. The fourth-order valence-electron chi connectivity index (χ4n) is 3.88. The molecule has 2 aromatic heterocycles. The van der Waals surface area contributed by atoms with Gasteiger partial charge in [0.15, 0.2) is 10.9 Å². The highest BCUT2D eigenvalue weighted by Crippen LogP contribution is 2.28. The fraction of sp³-hybridized carbons (Fsp3) is 0.400. The molecule has 1 unspecified atom stereocenters. The number of nitrogens with zero attached hydrogens (tertiary/aromatic N) is 2. The number of hydrogen-bond acceptors (Lipinski definition) is 8. The average Bonchev–Trinajstić information content (AvgIpc) is 3.12. The van der Waals surface area contributed by atoms with E-state index in [1.807, 2.05) is 13.8 Å². The lowest BCUT2D eigenvalue weighted by molar-refractivity contribution is 0.0591. The van der Waals surface area contributed by atoms with Gasteiger partial charge in [-0.1, -0.05) is 25.6 Å². The lowest BCUT2D eigenvalue weighted by Gasteiger charge is -2.17. The molecule has 0 bridgehead atoms. The van der Waals surface area contributed by atoms with E-state index in [1.54, 1.807) is 31.4 Å². The summed E-state index contributed by atoms with van der Waals surface area (Å²) in [5.74, 6) is -1.13. The zero-order valence-electron chi connectivity index (χ0n) is 20.8. The molecule has 3 aromatic rings. The summed E-state index contributed by atoms with van der Waals surface area (Å²) in [4.78, 5) is 58.4. The van der Waals surface area contributed by atoms with Gasteiger partial charge in [-0.2, -0.15) is 0 Å². The van der Waals surface area contributed by atoms with Crippen LogP contribution in [-0.4, -0.2) is 51.7 Å². The third-order valence-electron chi connectivity index (χ3n) is 5.61. The van der Waals surface area contributed by atoms with Crippen LogP contribution in [0.2, 0.25) is 0 Å². The number of thioether (sulfide) groups is 1. The predicted molar refractivity (Wildman–Crippen MR) is 133 cm³/mol. The van der Waals surface area contributed by atoms with E-state index >= 15 is 0 Å². The van der Waals surface area contributed by atoms with Crippen LogP contribution in [0, 0.1) is 19.8 Å². The summed E-state index contributed by atoms with van der Waals surface area (Å²) < 4.78 is 11.2. The molecule has 1 N–H and O–H groups in total. The van der Waals surface area contributed by atoms with Crippen molar-refractivity contribution in [1.82, 2.24) is 14.5 Å². The Morgan fingerprint density at radius 3 is 2.34 bits per heavy atom. The van der Waals surface area contributed by atoms with Crippen LogP contribution in [-0.2, 0) is 16.0 Å². The van der Waals surface area contributed by atoms with Crippen molar-refractivity contribution in [3.8, 4) is 0 Å². The number of carbonyl (C=O) groups is 3. The monoisotopic (exact) mass is 499 g/mol. The van der Waals surface area contributed by atoms with Gasteiger partial charge in [-0.25, -0.2) is 14.6 Å². The number of ether oxygens (including phenoxy) is 2. The van der Waals surface area contributed by atoms with Gasteiger partial charge >= 0.3 is 11.9 Å². The highest BCUT2D eigenvalue weighted by molar-refractivity contribution is 8.00. The molecule has 1 aromatic carbocycles. The van der Waals surface area contributed by atoms with Crippen LogP contribution in [0.5, 0.6) is 0 Å². The molecule has 0 aliphatic heterocycles. The summed E-state index contributed by atoms with van der Waals surface area (Å²) in [7, 11) is 2.57. The van der Waals surface area contributed by atoms with E-state index in [0.717, 1.165) is 11.8 Å². The Morgan fingerprint density at radius 2 is 1.74 bits per heavy atom. The number of aryl methyl sites for hydroxylation is 1. The van der Waals surface area contributed by atoms with Crippen molar-refractivity contribution in [3.05, 3.63) is 56.6 Å². The topological polar surface area (TPSA) is 120 Å². The summed E-state index contributed by atoms with van der Waals surface area (Å²) in [6, 6.07) is 4.61. The number of Topliss-reactive ketones (excluding diaryl/α,β-unsaturated/α-hetero) is 1. The summed E-state index contributed by atoms with van der Waals surface area (Å²) in [6.45, 7) is 9.51. The number of carbonyl (C=O) groups excluding carboxylic acids is 3. The fourth-order valence-corrected chi connectivity index (χ4v) is 4.86. The first-order valence-corrected chi connectivity index (χ1v) is 12.0. The van der Waals surface area contributed by atoms with E-state index in [1.165, 1.54) is 26.4 Å². The van der Waals surface area contributed by atoms with Gasteiger partial charge in [-0.05, 0) is 50.5 Å². The molecule has 9 nitrogen and oxygen atoms in total. The first-order chi connectivity index (χ1) is 16.5. The zero-order valence-corrected chi connectivity index (χ0v) is 21.7. The average molecular weight is 500 g/mol. The van der Waals surface area contributed by atoms with Crippen molar-refractivity contribution in [3.63, 3.8) is 0 Å². The predicted octanol–water partition coefficient (Wildman–Crippen LogP) is 3.93. The molecular formula is C25H29N3O6S. The molecule has 35 heavy (non-hydrogen) atoms. The summed E-state index contributed by atoms with van der Waals surface area (Å²) in [6.07, 6.45) is 0. The molecular weight excluding hydrogens is 470 g/mol. The normalized spacial score (nSPS) is 12.1. The molecule has 186 valence electrons. The lowest BCUT2D eigenvalue weighted by atomic mass is 10.1. The number of hydrogen-bond donors (Lipinski definition) is 1. The van der Waals surface area contributed by atoms with Crippen LogP contribution < -0.4 is 5.56 Å². The van der Waals surface area contributed by atoms with E-state index in [2.05, 4.69) is 9.97 Å². The first-order valence-electron chi connectivity index (χ1n) is 11.1. The maximum Gasteiger partial charge on any atom is 0.339 e. The number of esters is 2. The van der Waals surface area contributed by atoms with Gasteiger partial charge in [0.1, 0.15) is 0 Å². The SMILES string of the molecule is COC(=O)c1ccc2c(=O)n(CC(C)C)c(SC(C)C(=O)c3[nH]c(C)c(C(=O)OC)c3C)nc2c1. The maximum atomic E-state index is 13.3. The Hall–Kier alpha value is -3.40. The van der Waals surface area contributed by atoms with Crippen molar-refractivity contribution in [1.29, 1.82) is 0 Å². The number of ketones is 1. The van der Waals surface area contributed by atoms with E-state index < -0.39 is 17.2 Å². The second kappa shape index (κ2) is 10.5. The van der Waals surface area contributed by atoms with Crippen molar-refractivity contribution in [2.45, 2.75) is 51.6 Å². The number of rotatable bonds is 8. The second-order valence-electron chi connectivity index (χ2n) is 8.67. The van der Waals surface area contributed by atoms with Gasteiger partial charge in [0.25, 0.3) is 5.56 Å². The second-order valence-corrected chi connectivity index (χ2v) is 9.98. The zero-order chi connectivity index (χ0) is 26.0. The molecule has 0 spiro atoms. The number of methoxy groups -OCH3 is 2. The van der Waals surface area contributed by atoms with Crippen LogP contribution in [0.3, 0.4) is 0 Å². The molecule has 1 atom stereocenters. The maximum absolute atomic E-state index is 13.3. The van der Waals surface area contributed by atoms with Gasteiger partial charge in [0.05, 0.1) is 47.2 Å². The van der Waals surface area contributed by atoms with Crippen LogP contribution in [0.25, 0.3) is 10.9 Å². The highest BCUT2D eigenvalue weighted by atomic mass is 32.2. The van der Waals surface area contributed by atoms with Crippen molar-refractivity contribution in [2.24, 2.45) is 5.92 Å². The Labute approximate surface area is 207 Å². The minimum absolute atomic E-state index is 0.155. The van der Waals surface area contributed by atoms with Crippen LogP contribution in [0.4, 0.5) is 0 Å². The largest absolute Gasteiger partial charge is 0.465 e. The minimum Gasteiger partial charge on any atom is -0.465 e. The van der Waals surface area contributed by atoms with Crippen molar-refractivity contribution >= 4 is 40.4 Å². The quantitative estimate of drug-likeness (QED) is 0.214. The molecule has 10 heteroatoms. The minimum atomic E-state index is -0.621. The van der Waals surface area contributed by atoms with Gasteiger partial charge in [-0.15, -0.1) is 0 Å².